The molecule has 3 nitrogen and oxygen atoms in total. The third kappa shape index (κ3) is 3.63. The summed E-state index contributed by atoms with van der Waals surface area (Å²) >= 11 is 6.14. The average Bonchev–Trinajstić information content (AvgIpc) is 2.61. The Morgan fingerprint density at radius 3 is 2.71 bits per heavy atom. The number of amides is 1. The average molecular weight is 337 g/mol. The summed E-state index contributed by atoms with van der Waals surface area (Å²) in [5.74, 6) is -0.193. The molecule has 1 heterocycles. The molecular formula is C20H17ClN2O. The van der Waals surface area contributed by atoms with Gasteiger partial charge in [0.15, 0.2) is 0 Å². The van der Waals surface area contributed by atoms with E-state index in [1.807, 2.05) is 24.3 Å². The van der Waals surface area contributed by atoms with Crippen LogP contribution in [0, 0.1) is 0 Å². The smallest absolute Gasteiger partial charge is 0.248 e. The number of rotatable bonds is 4. The summed E-state index contributed by atoms with van der Waals surface area (Å²) in [4.78, 5) is 16.4. The van der Waals surface area contributed by atoms with Gasteiger partial charge in [-0.05, 0) is 35.8 Å². The highest BCUT2D eigenvalue weighted by atomic mass is 35.5. The minimum atomic E-state index is -0.193. The van der Waals surface area contributed by atoms with E-state index in [0.717, 1.165) is 17.4 Å². The van der Waals surface area contributed by atoms with Crippen LogP contribution in [0.25, 0.3) is 17.0 Å². The third-order valence-corrected chi connectivity index (χ3v) is 4.10. The van der Waals surface area contributed by atoms with Crippen molar-refractivity contribution in [2.24, 2.45) is 0 Å². The van der Waals surface area contributed by atoms with E-state index in [4.69, 9.17) is 11.6 Å². The second-order valence-corrected chi connectivity index (χ2v) is 5.82. The molecule has 0 radical (unpaired) electrons. The van der Waals surface area contributed by atoms with E-state index in [1.165, 1.54) is 11.6 Å². The highest BCUT2D eigenvalue weighted by Crippen LogP contribution is 2.26. The number of carbonyl (C=O) groups excluding carboxylic acids is 1. The van der Waals surface area contributed by atoms with Crippen molar-refractivity contribution in [1.82, 2.24) is 4.98 Å². The number of hydrogen-bond donors (Lipinski definition) is 1. The van der Waals surface area contributed by atoms with E-state index < -0.39 is 0 Å². The molecule has 0 fully saturated rings. The minimum Gasteiger partial charge on any atom is -0.322 e. The highest BCUT2D eigenvalue weighted by molar-refractivity contribution is 6.35. The van der Waals surface area contributed by atoms with E-state index in [-0.39, 0.29) is 5.91 Å². The largest absolute Gasteiger partial charge is 0.322 e. The van der Waals surface area contributed by atoms with Gasteiger partial charge in [-0.1, -0.05) is 54.9 Å². The number of carbonyl (C=O) groups is 1. The SMILES string of the molecule is CCc1ccc(/C=C/C(=O)Nc2ccnc3c(Cl)cccc23)cc1. The number of anilines is 1. The quantitative estimate of drug-likeness (QED) is 0.673. The van der Waals surface area contributed by atoms with Crippen LogP contribution in [0.3, 0.4) is 0 Å². The zero-order valence-corrected chi connectivity index (χ0v) is 14.0. The summed E-state index contributed by atoms with van der Waals surface area (Å²) in [6.07, 6.45) is 5.96. The van der Waals surface area contributed by atoms with E-state index in [2.05, 4.69) is 29.4 Å². The Hall–Kier alpha value is -2.65. The summed E-state index contributed by atoms with van der Waals surface area (Å²) in [5, 5.41) is 4.26. The Kier molecular flexibility index (Phi) is 4.92. The van der Waals surface area contributed by atoms with Crippen molar-refractivity contribution in [3.8, 4) is 0 Å². The van der Waals surface area contributed by atoms with Gasteiger partial charge >= 0.3 is 0 Å². The molecule has 24 heavy (non-hydrogen) atoms. The Balaban J connectivity index is 1.77. The lowest BCUT2D eigenvalue weighted by atomic mass is 10.1. The highest BCUT2D eigenvalue weighted by Gasteiger charge is 2.06. The molecule has 1 N–H and O–H groups in total. The van der Waals surface area contributed by atoms with Crippen LogP contribution in [-0.4, -0.2) is 10.9 Å². The lowest BCUT2D eigenvalue weighted by Crippen LogP contribution is -2.08. The molecule has 0 aliphatic heterocycles. The van der Waals surface area contributed by atoms with Crippen molar-refractivity contribution in [3.63, 3.8) is 0 Å². The fourth-order valence-corrected chi connectivity index (χ4v) is 2.68. The van der Waals surface area contributed by atoms with Gasteiger partial charge in [-0.3, -0.25) is 9.78 Å². The molecular weight excluding hydrogens is 320 g/mol. The van der Waals surface area contributed by atoms with Crippen molar-refractivity contribution in [3.05, 3.63) is 77.0 Å². The van der Waals surface area contributed by atoms with Crippen LogP contribution < -0.4 is 5.32 Å². The van der Waals surface area contributed by atoms with Gasteiger partial charge in [0.25, 0.3) is 0 Å². The molecule has 2 aromatic carbocycles. The summed E-state index contributed by atoms with van der Waals surface area (Å²) in [5.41, 5.74) is 3.64. The van der Waals surface area contributed by atoms with Gasteiger partial charge in [0.2, 0.25) is 5.91 Å². The van der Waals surface area contributed by atoms with Crippen molar-refractivity contribution in [2.45, 2.75) is 13.3 Å². The molecule has 1 amide bonds. The van der Waals surface area contributed by atoms with Crippen LogP contribution in [0.5, 0.6) is 0 Å². The van der Waals surface area contributed by atoms with Gasteiger partial charge in [0.1, 0.15) is 0 Å². The molecule has 0 atom stereocenters. The maximum absolute atomic E-state index is 12.2. The van der Waals surface area contributed by atoms with Gasteiger partial charge in [-0.25, -0.2) is 0 Å². The second kappa shape index (κ2) is 7.28. The number of para-hydroxylation sites is 1. The molecule has 4 heteroatoms. The molecule has 0 aliphatic carbocycles. The molecule has 1 aromatic heterocycles. The van der Waals surface area contributed by atoms with Crippen LogP contribution in [0.4, 0.5) is 5.69 Å². The normalized spacial score (nSPS) is 11.1. The Labute approximate surface area is 146 Å². The Bertz CT molecular complexity index is 901. The first-order valence-corrected chi connectivity index (χ1v) is 8.16. The molecule has 0 unspecified atom stereocenters. The van der Waals surface area contributed by atoms with Crippen LogP contribution >= 0.6 is 11.6 Å². The number of fused-ring (bicyclic) bond motifs is 1. The number of aromatic nitrogens is 1. The van der Waals surface area contributed by atoms with Crippen LogP contribution in [0.1, 0.15) is 18.1 Å². The molecule has 0 saturated carbocycles. The van der Waals surface area contributed by atoms with Gasteiger partial charge in [-0.15, -0.1) is 0 Å². The van der Waals surface area contributed by atoms with Crippen molar-refractivity contribution >= 4 is 40.2 Å². The number of nitrogens with one attached hydrogen (secondary N) is 1. The van der Waals surface area contributed by atoms with Gasteiger partial charge in [0.05, 0.1) is 16.2 Å². The Morgan fingerprint density at radius 1 is 1.17 bits per heavy atom. The van der Waals surface area contributed by atoms with Crippen molar-refractivity contribution in [1.29, 1.82) is 0 Å². The van der Waals surface area contributed by atoms with Crippen molar-refractivity contribution < 1.29 is 4.79 Å². The van der Waals surface area contributed by atoms with E-state index in [9.17, 15) is 4.79 Å². The van der Waals surface area contributed by atoms with Gasteiger partial charge in [-0.2, -0.15) is 0 Å². The molecule has 3 aromatic rings. The first-order chi connectivity index (χ1) is 11.7. The van der Waals surface area contributed by atoms with E-state index in [0.29, 0.717) is 16.2 Å². The molecule has 0 spiro atoms. The zero-order valence-electron chi connectivity index (χ0n) is 13.3. The minimum absolute atomic E-state index is 0.193. The molecule has 0 aliphatic rings. The molecule has 0 saturated heterocycles. The number of hydrogen-bond acceptors (Lipinski definition) is 2. The first kappa shape index (κ1) is 16.2. The van der Waals surface area contributed by atoms with E-state index >= 15 is 0 Å². The van der Waals surface area contributed by atoms with Crippen LogP contribution in [0.15, 0.2) is 60.8 Å². The standard InChI is InChI=1S/C20H17ClN2O/c1-2-14-6-8-15(9-7-14)10-11-19(24)23-18-12-13-22-20-16(18)4-3-5-17(20)21/h3-13H,2H2,1H3,(H,22,23,24)/b11-10+. The first-order valence-electron chi connectivity index (χ1n) is 7.78. The predicted molar refractivity (Wildman–Crippen MR) is 100 cm³/mol. The third-order valence-electron chi connectivity index (χ3n) is 3.79. The maximum atomic E-state index is 12.2. The monoisotopic (exact) mass is 336 g/mol. The number of nitrogens with zero attached hydrogens (tertiary/aromatic N) is 1. The van der Waals surface area contributed by atoms with Crippen molar-refractivity contribution in [2.75, 3.05) is 5.32 Å². The lowest BCUT2D eigenvalue weighted by Gasteiger charge is -2.07. The topological polar surface area (TPSA) is 42.0 Å². The summed E-state index contributed by atoms with van der Waals surface area (Å²) < 4.78 is 0. The summed E-state index contributed by atoms with van der Waals surface area (Å²) in [6.45, 7) is 2.11. The predicted octanol–water partition coefficient (Wildman–Crippen LogP) is 5.10. The molecule has 3 rings (SSSR count). The number of halogens is 1. The van der Waals surface area contributed by atoms with Crippen LogP contribution in [-0.2, 0) is 11.2 Å². The number of pyridine rings is 1. The maximum Gasteiger partial charge on any atom is 0.248 e. The summed E-state index contributed by atoms with van der Waals surface area (Å²) in [7, 11) is 0. The Morgan fingerprint density at radius 2 is 1.96 bits per heavy atom. The fourth-order valence-electron chi connectivity index (χ4n) is 2.46. The molecule has 120 valence electrons. The summed E-state index contributed by atoms with van der Waals surface area (Å²) in [6, 6.07) is 15.4. The fraction of sp³-hybridized carbons (Fsp3) is 0.100. The number of aryl methyl sites for hydroxylation is 1. The van der Waals surface area contributed by atoms with Gasteiger partial charge in [0, 0.05) is 17.7 Å². The van der Waals surface area contributed by atoms with Crippen LogP contribution in [0.2, 0.25) is 5.02 Å². The van der Waals surface area contributed by atoms with Gasteiger partial charge < -0.3 is 5.32 Å². The molecule has 0 bridgehead atoms. The lowest BCUT2D eigenvalue weighted by molar-refractivity contribution is -0.111. The number of benzene rings is 2. The second-order valence-electron chi connectivity index (χ2n) is 5.41. The van der Waals surface area contributed by atoms with E-state index in [1.54, 1.807) is 24.4 Å². The zero-order chi connectivity index (χ0) is 16.9.